The molecule has 6 nitrogen and oxygen atoms in total. The summed E-state index contributed by atoms with van der Waals surface area (Å²) in [5.74, 6) is 0.243. The lowest BCUT2D eigenvalue weighted by atomic mass is 10.1. The summed E-state index contributed by atoms with van der Waals surface area (Å²) >= 11 is 0. The third-order valence-electron chi connectivity index (χ3n) is 3.98. The van der Waals surface area contributed by atoms with E-state index < -0.39 is 10.0 Å². The number of hydrogen-bond acceptors (Lipinski definition) is 4. The van der Waals surface area contributed by atoms with E-state index in [9.17, 15) is 8.42 Å². The van der Waals surface area contributed by atoms with Crippen molar-refractivity contribution >= 4 is 22.4 Å². The van der Waals surface area contributed by atoms with Crippen molar-refractivity contribution in [1.29, 1.82) is 0 Å². The van der Waals surface area contributed by atoms with E-state index in [2.05, 4.69) is 9.82 Å². The molecule has 8 heteroatoms. The molecule has 0 amide bonds. The molecule has 1 heterocycles. The van der Waals surface area contributed by atoms with Gasteiger partial charge in [-0.3, -0.25) is 4.68 Å². The molecule has 2 rings (SSSR count). The number of nitrogens with zero attached hydrogens (tertiary/aromatic N) is 2. The molecule has 3 N–H and O–H groups in total. The smallest absolute Gasteiger partial charge is 0.244 e. The van der Waals surface area contributed by atoms with Crippen molar-refractivity contribution < 1.29 is 8.42 Å². The highest BCUT2D eigenvalue weighted by Gasteiger charge is 2.32. The van der Waals surface area contributed by atoms with E-state index in [1.54, 1.807) is 25.6 Å². The molecule has 0 saturated heterocycles. The Morgan fingerprint density at radius 3 is 2.55 bits per heavy atom. The Labute approximate surface area is 126 Å². The standard InChI is InChI=1S/C12H22N4O2S.ClH/c1-8-12(9(2)16(3)14-8)19(17,18)15-11-6-4-5-10(11)7-13;/h10-11,15H,4-7,13H2,1-3H3;1H. The monoisotopic (exact) mass is 322 g/mol. The van der Waals surface area contributed by atoms with Gasteiger partial charge in [-0.2, -0.15) is 5.10 Å². The van der Waals surface area contributed by atoms with Crippen LogP contribution >= 0.6 is 12.4 Å². The Morgan fingerprint density at radius 2 is 2.05 bits per heavy atom. The largest absolute Gasteiger partial charge is 0.330 e. The Morgan fingerprint density at radius 1 is 1.40 bits per heavy atom. The highest BCUT2D eigenvalue weighted by atomic mass is 35.5. The van der Waals surface area contributed by atoms with Crippen LogP contribution in [0.15, 0.2) is 4.90 Å². The summed E-state index contributed by atoms with van der Waals surface area (Å²) in [5.41, 5.74) is 6.89. The third-order valence-corrected chi connectivity index (χ3v) is 5.72. The van der Waals surface area contributed by atoms with E-state index >= 15 is 0 Å². The molecule has 0 radical (unpaired) electrons. The van der Waals surface area contributed by atoms with Crippen LogP contribution in [0.1, 0.15) is 30.7 Å². The number of halogens is 1. The molecule has 20 heavy (non-hydrogen) atoms. The molecule has 1 aromatic heterocycles. The average molecular weight is 323 g/mol. The zero-order chi connectivity index (χ0) is 14.2. The number of aromatic nitrogens is 2. The van der Waals surface area contributed by atoms with Crippen LogP contribution in [0, 0.1) is 19.8 Å². The quantitative estimate of drug-likeness (QED) is 0.860. The van der Waals surface area contributed by atoms with Crippen LogP contribution < -0.4 is 10.5 Å². The molecule has 0 spiro atoms. The fourth-order valence-electron chi connectivity index (χ4n) is 2.88. The van der Waals surface area contributed by atoms with Crippen LogP contribution in [0.3, 0.4) is 0 Å². The van der Waals surface area contributed by atoms with Gasteiger partial charge in [0, 0.05) is 13.1 Å². The van der Waals surface area contributed by atoms with Gasteiger partial charge in [0.1, 0.15) is 4.90 Å². The number of nitrogens with one attached hydrogen (secondary N) is 1. The lowest BCUT2D eigenvalue weighted by Gasteiger charge is -2.19. The molecule has 2 unspecified atom stereocenters. The lowest BCUT2D eigenvalue weighted by Crippen LogP contribution is -2.40. The number of hydrogen-bond donors (Lipinski definition) is 2. The number of nitrogens with two attached hydrogens (primary N) is 1. The maximum Gasteiger partial charge on any atom is 0.244 e. The Kier molecular flexibility index (Phi) is 5.60. The second-order valence-electron chi connectivity index (χ2n) is 5.28. The molecule has 0 aromatic carbocycles. The lowest BCUT2D eigenvalue weighted by molar-refractivity contribution is 0.452. The fraction of sp³-hybridized carbons (Fsp3) is 0.750. The summed E-state index contributed by atoms with van der Waals surface area (Å²) < 4.78 is 29.4. The van der Waals surface area contributed by atoms with Crippen molar-refractivity contribution in [3.8, 4) is 0 Å². The van der Waals surface area contributed by atoms with Crippen molar-refractivity contribution in [2.75, 3.05) is 6.54 Å². The van der Waals surface area contributed by atoms with Gasteiger partial charge < -0.3 is 5.73 Å². The Bertz CT molecular complexity index is 570. The predicted molar refractivity (Wildman–Crippen MR) is 80.4 cm³/mol. The van der Waals surface area contributed by atoms with Crippen LogP contribution in [0.5, 0.6) is 0 Å². The molecular weight excluding hydrogens is 300 g/mol. The van der Waals surface area contributed by atoms with Crippen molar-refractivity contribution in [2.24, 2.45) is 18.7 Å². The molecule has 1 aromatic rings. The summed E-state index contributed by atoms with van der Waals surface area (Å²) in [4.78, 5) is 0.303. The van der Waals surface area contributed by atoms with Crippen LogP contribution in [-0.2, 0) is 17.1 Å². The highest BCUT2D eigenvalue weighted by Crippen LogP contribution is 2.27. The minimum Gasteiger partial charge on any atom is -0.330 e. The van der Waals surface area contributed by atoms with E-state index in [0.717, 1.165) is 19.3 Å². The average Bonchev–Trinajstić information content (AvgIpc) is 2.84. The zero-order valence-electron chi connectivity index (χ0n) is 12.1. The van der Waals surface area contributed by atoms with Crippen molar-refractivity contribution in [2.45, 2.75) is 44.0 Å². The van der Waals surface area contributed by atoms with Crippen molar-refractivity contribution in [3.63, 3.8) is 0 Å². The minimum absolute atomic E-state index is 0. The molecular formula is C12H23ClN4O2S. The first-order valence-electron chi connectivity index (χ1n) is 6.59. The van der Waals surface area contributed by atoms with Gasteiger partial charge in [0.2, 0.25) is 10.0 Å². The van der Waals surface area contributed by atoms with Crippen LogP contribution in [0.25, 0.3) is 0 Å². The topological polar surface area (TPSA) is 90.0 Å². The molecule has 1 aliphatic rings. The molecule has 1 saturated carbocycles. The maximum atomic E-state index is 12.5. The molecule has 1 fully saturated rings. The predicted octanol–water partition coefficient (Wildman–Crippen LogP) is 0.864. The maximum absolute atomic E-state index is 12.5. The van der Waals surface area contributed by atoms with Gasteiger partial charge >= 0.3 is 0 Å². The fourth-order valence-corrected chi connectivity index (χ4v) is 4.65. The summed E-state index contributed by atoms with van der Waals surface area (Å²) in [6, 6.07) is -0.0472. The molecule has 2 atom stereocenters. The number of sulfonamides is 1. The van der Waals surface area contributed by atoms with Gasteiger partial charge in [0.05, 0.1) is 11.4 Å². The second kappa shape index (κ2) is 6.43. The van der Waals surface area contributed by atoms with Gasteiger partial charge in [0.25, 0.3) is 0 Å². The summed E-state index contributed by atoms with van der Waals surface area (Å²) in [5, 5.41) is 4.16. The Balaban J connectivity index is 0.00000200. The van der Waals surface area contributed by atoms with E-state index in [0.29, 0.717) is 22.8 Å². The molecule has 116 valence electrons. The SMILES string of the molecule is Cc1nn(C)c(C)c1S(=O)(=O)NC1CCCC1CN.Cl. The first kappa shape index (κ1) is 17.4. The van der Waals surface area contributed by atoms with E-state index in [1.807, 2.05) is 0 Å². The Hall–Kier alpha value is -0.630. The van der Waals surface area contributed by atoms with Gasteiger partial charge in [-0.05, 0) is 39.2 Å². The van der Waals surface area contributed by atoms with Crippen molar-refractivity contribution in [1.82, 2.24) is 14.5 Å². The molecule has 0 aliphatic heterocycles. The number of rotatable bonds is 4. The van der Waals surface area contributed by atoms with E-state index in [1.165, 1.54) is 0 Å². The second-order valence-corrected chi connectivity index (χ2v) is 6.93. The zero-order valence-corrected chi connectivity index (χ0v) is 13.7. The normalized spacial score (nSPS) is 22.8. The minimum atomic E-state index is -3.52. The number of aryl methyl sites for hydroxylation is 2. The van der Waals surface area contributed by atoms with Gasteiger partial charge in [-0.1, -0.05) is 6.42 Å². The van der Waals surface area contributed by atoms with E-state index in [4.69, 9.17) is 5.73 Å². The van der Waals surface area contributed by atoms with Gasteiger partial charge in [-0.15, -0.1) is 12.4 Å². The first-order valence-corrected chi connectivity index (χ1v) is 8.07. The van der Waals surface area contributed by atoms with Gasteiger partial charge in [-0.25, -0.2) is 13.1 Å². The molecule has 0 bridgehead atoms. The summed E-state index contributed by atoms with van der Waals surface area (Å²) in [6.07, 6.45) is 2.88. The van der Waals surface area contributed by atoms with Crippen molar-refractivity contribution in [3.05, 3.63) is 11.4 Å². The van der Waals surface area contributed by atoms with Gasteiger partial charge in [0.15, 0.2) is 0 Å². The van der Waals surface area contributed by atoms with E-state index in [-0.39, 0.29) is 24.4 Å². The first-order chi connectivity index (χ1) is 8.86. The molecule has 1 aliphatic carbocycles. The van der Waals surface area contributed by atoms with Crippen LogP contribution in [-0.4, -0.2) is 30.8 Å². The third kappa shape index (κ3) is 3.16. The van der Waals surface area contributed by atoms with Crippen LogP contribution in [0.2, 0.25) is 0 Å². The highest BCUT2D eigenvalue weighted by molar-refractivity contribution is 7.89. The summed E-state index contributed by atoms with van der Waals surface area (Å²) in [7, 11) is -1.77. The summed E-state index contributed by atoms with van der Waals surface area (Å²) in [6.45, 7) is 4.01. The van der Waals surface area contributed by atoms with Crippen LogP contribution in [0.4, 0.5) is 0 Å².